The molecule has 0 radical (unpaired) electrons. The van der Waals surface area contributed by atoms with Gasteiger partial charge in [0.05, 0.1) is 0 Å². The van der Waals surface area contributed by atoms with Crippen LogP contribution in [0.1, 0.15) is 12.8 Å². The van der Waals surface area contributed by atoms with E-state index in [2.05, 4.69) is 17.4 Å². The molecule has 1 unspecified atom stereocenters. The molecule has 0 aromatic heterocycles. The van der Waals surface area contributed by atoms with Gasteiger partial charge in [-0.1, -0.05) is 0 Å². The quantitative estimate of drug-likeness (QED) is 0.836. The summed E-state index contributed by atoms with van der Waals surface area (Å²) in [5.74, 6) is 3.75. The Balaban J connectivity index is 1.57. The van der Waals surface area contributed by atoms with Gasteiger partial charge in [-0.3, -0.25) is 0 Å². The lowest BCUT2D eigenvalue weighted by Gasteiger charge is -2.22. The van der Waals surface area contributed by atoms with Gasteiger partial charge in [0.25, 0.3) is 0 Å². The average molecular weight is 251 g/mol. The number of thioether (sulfide) groups is 1. The van der Waals surface area contributed by atoms with Gasteiger partial charge in [0.1, 0.15) is 0 Å². The summed E-state index contributed by atoms with van der Waals surface area (Å²) >= 11 is 1.92. The maximum Gasteiger partial charge on any atom is 0.231 e. The van der Waals surface area contributed by atoms with Gasteiger partial charge < -0.3 is 14.8 Å². The molecule has 1 saturated heterocycles. The van der Waals surface area contributed by atoms with Gasteiger partial charge in [0, 0.05) is 10.6 Å². The number of benzene rings is 1. The van der Waals surface area contributed by atoms with Crippen molar-refractivity contribution in [3.05, 3.63) is 18.2 Å². The molecule has 1 fully saturated rings. The average Bonchev–Trinajstić information content (AvgIpc) is 2.85. The Bertz CT molecular complexity index is 391. The Kier molecular flexibility index (Phi) is 3.43. The normalized spacial score (nSPS) is 22.7. The zero-order chi connectivity index (χ0) is 11.5. The first-order chi connectivity index (χ1) is 8.42. The number of rotatable bonds is 3. The Labute approximate surface area is 106 Å². The van der Waals surface area contributed by atoms with Crippen molar-refractivity contribution in [1.29, 1.82) is 0 Å². The molecular formula is C13H17NO2S. The molecule has 0 saturated carbocycles. The van der Waals surface area contributed by atoms with Crippen molar-refractivity contribution in [1.82, 2.24) is 5.32 Å². The highest BCUT2D eigenvalue weighted by molar-refractivity contribution is 7.99. The molecular weight excluding hydrogens is 234 g/mol. The van der Waals surface area contributed by atoms with E-state index in [9.17, 15) is 0 Å². The minimum atomic E-state index is 0.357. The van der Waals surface area contributed by atoms with Crippen molar-refractivity contribution in [2.45, 2.75) is 17.7 Å². The van der Waals surface area contributed by atoms with Gasteiger partial charge in [0.2, 0.25) is 6.79 Å². The lowest BCUT2D eigenvalue weighted by molar-refractivity contribution is 0.174. The van der Waals surface area contributed by atoms with Crippen LogP contribution < -0.4 is 14.8 Å². The summed E-state index contributed by atoms with van der Waals surface area (Å²) in [6.07, 6.45) is 2.66. The standard InChI is InChI=1S/C13H17NO2S/c1-2-10(7-14-5-1)8-17-11-3-4-12-13(6-11)16-9-15-12/h3-4,6,10,14H,1-2,5,7-9H2. The van der Waals surface area contributed by atoms with Crippen molar-refractivity contribution >= 4 is 11.8 Å². The predicted molar refractivity (Wildman–Crippen MR) is 68.9 cm³/mol. The van der Waals surface area contributed by atoms with E-state index < -0.39 is 0 Å². The number of nitrogens with one attached hydrogen (secondary N) is 1. The second-order valence-electron chi connectivity index (χ2n) is 4.54. The molecule has 17 heavy (non-hydrogen) atoms. The first-order valence-electron chi connectivity index (χ1n) is 6.15. The molecule has 1 aromatic rings. The second-order valence-corrected chi connectivity index (χ2v) is 5.63. The molecule has 0 amide bonds. The van der Waals surface area contributed by atoms with Crippen LogP contribution in [0.25, 0.3) is 0 Å². The summed E-state index contributed by atoms with van der Waals surface area (Å²) in [4.78, 5) is 1.28. The van der Waals surface area contributed by atoms with Crippen molar-refractivity contribution in [3.63, 3.8) is 0 Å². The Morgan fingerprint density at radius 3 is 3.12 bits per heavy atom. The molecule has 2 aliphatic heterocycles. The van der Waals surface area contributed by atoms with Crippen molar-refractivity contribution in [2.24, 2.45) is 5.92 Å². The molecule has 2 heterocycles. The van der Waals surface area contributed by atoms with E-state index in [0.717, 1.165) is 24.0 Å². The van der Waals surface area contributed by atoms with E-state index in [1.807, 2.05) is 17.8 Å². The van der Waals surface area contributed by atoms with Gasteiger partial charge >= 0.3 is 0 Å². The molecule has 3 rings (SSSR count). The second kappa shape index (κ2) is 5.19. The molecule has 2 aliphatic rings. The van der Waals surface area contributed by atoms with Crippen molar-refractivity contribution < 1.29 is 9.47 Å². The van der Waals surface area contributed by atoms with Gasteiger partial charge in [-0.2, -0.15) is 0 Å². The number of hydrogen-bond donors (Lipinski definition) is 1. The number of fused-ring (bicyclic) bond motifs is 1. The fourth-order valence-electron chi connectivity index (χ4n) is 2.25. The van der Waals surface area contributed by atoms with E-state index in [1.54, 1.807) is 0 Å². The van der Waals surface area contributed by atoms with Crippen LogP contribution in [-0.4, -0.2) is 25.6 Å². The van der Waals surface area contributed by atoms with E-state index in [-0.39, 0.29) is 0 Å². The first-order valence-corrected chi connectivity index (χ1v) is 7.13. The minimum absolute atomic E-state index is 0.357. The Morgan fingerprint density at radius 2 is 2.24 bits per heavy atom. The monoisotopic (exact) mass is 251 g/mol. The molecule has 3 nitrogen and oxygen atoms in total. The fraction of sp³-hybridized carbons (Fsp3) is 0.538. The summed E-state index contributed by atoms with van der Waals surface area (Å²) in [5, 5.41) is 3.45. The summed E-state index contributed by atoms with van der Waals surface area (Å²) < 4.78 is 10.7. The van der Waals surface area contributed by atoms with Crippen LogP contribution in [0, 0.1) is 5.92 Å². The van der Waals surface area contributed by atoms with Crippen LogP contribution in [0.2, 0.25) is 0 Å². The third-order valence-corrected chi connectivity index (χ3v) is 4.45. The van der Waals surface area contributed by atoms with Gasteiger partial charge in [-0.25, -0.2) is 0 Å². The minimum Gasteiger partial charge on any atom is -0.454 e. The van der Waals surface area contributed by atoms with Gasteiger partial charge in [-0.15, -0.1) is 11.8 Å². The van der Waals surface area contributed by atoms with E-state index in [4.69, 9.17) is 9.47 Å². The molecule has 92 valence electrons. The maximum absolute atomic E-state index is 5.38. The van der Waals surface area contributed by atoms with E-state index >= 15 is 0 Å². The Hall–Kier alpha value is -0.870. The highest BCUT2D eigenvalue weighted by atomic mass is 32.2. The molecule has 1 atom stereocenters. The number of hydrogen-bond acceptors (Lipinski definition) is 4. The van der Waals surface area contributed by atoms with E-state index in [1.165, 1.54) is 30.0 Å². The molecule has 0 spiro atoms. The van der Waals surface area contributed by atoms with Crippen LogP contribution in [-0.2, 0) is 0 Å². The fourth-order valence-corrected chi connectivity index (χ4v) is 3.31. The molecule has 0 aliphatic carbocycles. The summed E-state index contributed by atoms with van der Waals surface area (Å²) in [6.45, 7) is 2.71. The maximum atomic E-state index is 5.38. The number of ether oxygens (including phenoxy) is 2. The molecule has 1 N–H and O–H groups in total. The lowest BCUT2D eigenvalue weighted by atomic mass is 10.0. The first kappa shape index (κ1) is 11.2. The van der Waals surface area contributed by atoms with Crippen LogP contribution in [0.5, 0.6) is 11.5 Å². The summed E-state index contributed by atoms with van der Waals surface area (Å²) in [6, 6.07) is 6.21. The molecule has 0 bridgehead atoms. The van der Waals surface area contributed by atoms with Gasteiger partial charge in [-0.05, 0) is 50.0 Å². The third-order valence-electron chi connectivity index (χ3n) is 3.23. The summed E-state index contributed by atoms with van der Waals surface area (Å²) in [5.41, 5.74) is 0. The molecule has 1 aromatic carbocycles. The Morgan fingerprint density at radius 1 is 1.29 bits per heavy atom. The third kappa shape index (κ3) is 2.69. The highest BCUT2D eigenvalue weighted by Crippen LogP contribution is 2.36. The molecule has 4 heteroatoms. The van der Waals surface area contributed by atoms with Gasteiger partial charge in [0.15, 0.2) is 11.5 Å². The topological polar surface area (TPSA) is 30.5 Å². The predicted octanol–water partition coefficient (Wildman–Crippen LogP) is 2.51. The summed E-state index contributed by atoms with van der Waals surface area (Å²) in [7, 11) is 0. The number of piperidine rings is 1. The van der Waals surface area contributed by atoms with Crippen LogP contribution >= 0.6 is 11.8 Å². The van der Waals surface area contributed by atoms with E-state index in [0.29, 0.717) is 6.79 Å². The smallest absolute Gasteiger partial charge is 0.231 e. The van der Waals surface area contributed by atoms with Crippen molar-refractivity contribution in [2.75, 3.05) is 25.6 Å². The zero-order valence-corrected chi connectivity index (χ0v) is 10.6. The van der Waals surface area contributed by atoms with Crippen molar-refractivity contribution in [3.8, 4) is 11.5 Å². The zero-order valence-electron chi connectivity index (χ0n) is 9.78. The van der Waals surface area contributed by atoms with Crippen LogP contribution in [0.15, 0.2) is 23.1 Å². The lowest BCUT2D eigenvalue weighted by Crippen LogP contribution is -2.30. The van der Waals surface area contributed by atoms with Crippen LogP contribution in [0.4, 0.5) is 0 Å². The SMILES string of the molecule is c1cc2c(cc1SCC1CCCNC1)OCO2. The largest absolute Gasteiger partial charge is 0.454 e. The van der Waals surface area contributed by atoms with Crippen LogP contribution in [0.3, 0.4) is 0 Å². The highest BCUT2D eigenvalue weighted by Gasteiger charge is 2.16.